The van der Waals surface area contributed by atoms with Crippen molar-refractivity contribution < 1.29 is 24.5 Å². The summed E-state index contributed by atoms with van der Waals surface area (Å²) in [6.07, 6.45) is 1.72. The molecule has 4 rings (SSSR count). The molecular formula is C21H28O5. The molecular weight excluding hydrogens is 332 g/mol. The van der Waals surface area contributed by atoms with Crippen LogP contribution in [0.15, 0.2) is 6.07 Å². The van der Waals surface area contributed by atoms with Crippen molar-refractivity contribution in [3.63, 3.8) is 0 Å². The molecule has 2 N–H and O–H groups in total. The molecule has 2 aliphatic carbocycles. The summed E-state index contributed by atoms with van der Waals surface area (Å²) in [6, 6.07) is 1.90. The zero-order valence-electron chi connectivity index (χ0n) is 16.1. The van der Waals surface area contributed by atoms with Crippen molar-refractivity contribution in [1.29, 1.82) is 0 Å². The first kappa shape index (κ1) is 17.7. The molecule has 5 nitrogen and oxygen atoms in total. The Bertz CT molecular complexity index is 781. The minimum absolute atomic E-state index is 0.0380. The average Bonchev–Trinajstić information content (AvgIpc) is 2.81. The van der Waals surface area contributed by atoms with Crippen LogP contribution in [0.3, 0.4) is 0 Å². The van der Waals surface area contributed by atoms with Crippen LogP contribution >= 0.6 is 0 Å². The Morgan fingerprint density at radius 1 is 1.23 bits per heavy atom. The number of hydrogen-bond donors (Lipinski definition) is 2. The van der Waals surface area contributed by atoms with Crippen LogP contribution in [-0.4, -0.2) is 29.4 Å². The number of aromatic hydroxyl groups is 2. The zero-order valence-corrected chi connectivity index (χ0v) is 16.1. The summed E-state index contributed by atoms with van der Waals surface area (Å²) in [5.41, 5.74) is 0.968. The van der Waals surface area contributed by atoms with Gasteiger partial charge in [0.2, 0.25) is 0 Å². The van der Waals surface area contributed by atoms with Gasteiger partial charge < -0.3 is 19.7 Å². The van der Waals surface area contributed by atoms with Gasteiger partial charge in [-0.3, -0.25) is 4.79 Å². The third-order valence-corrected chi connectivity index (χ3v) is 6.96. The van der Waals surface area contributed by atoms with Crippen LogP contribution in [0.1, 0.15) is 75.7 Å². The van der Waals surface area contributed by atoms with Gasteiger partial charge in [0, 0.05) is 24.2 Å². The summed E-state index contributed by atoms with van der Waals surface area (Å²) in [5, 5.41) is 21.7. The van der Waals surface area contributed by atoms with E-state index in [0.717, 1.165) is 18.4 Å². The summed E-state index contributed by atoms with van der Waals surface area (Å²) in [6.45, 7) is 8.26. The molecule has 1 aliphatic heterocycles. The number of hydrogen-bond acceptors (Lipinski definition) is 5. The van der Waals surface area contributed by atoms with Gasteiger partial charge in [-0.15, -0.1) is 0 Å². The number of esters is 1. The largest absolute Gasteiger partial charge is 0.504 e. The number of rotatable bonds is 2. The molecule has 26 heavy (non-hydrogen) atoms. The number of methoxy groups -OCH3 is 1. The fourth-order valence-electron chi connectivity index (χ4n) is 5.94. The highest BCUT2D eigenvalue weighted by Crippen LogP contribution is 2.67. The zero-order chi connectivity index (χ0) is 19.0. The van der Waals surface area contributed by atoms with E-state index in [4.69, 9.17) is 9.47 Å². The molecule has 0 amide bonds. The van der Waals surface area contributed by atoms with E-state index in [9.17, 15) is 15.0 Å². The lowest BCUT2D eigenvalue weighted by molar-refractivity contribution is -0.149. The Labute approximate surface area is 154 Å². The average molecular weight is 360 g/mol. The van der Waals surface area contributed by atoms with Crippen molar-refractivity contribution in [2.75, 3.05) is 7.11 Å². The smallest absolute Gasteiger partial charge is 0.317 e. The second kappa shape index (κ2) is 5.38. The van der Waals surface area contributed by atoms with E-state index in [1.807, 2.05) is 19.9 Å². The summed E-state index contributed by atoms with van der Waals surface area (Å²) in [4.78, 5) is 13.1. The SMILES string of the molecule is CO[C@@H]1c2cc(C(C)C)c(O)c(O)c2[C@]23CCCC(C)(C)[C@H]2[C@H]1OC3=O. The van der Waals surface area contributed by atoms with Crippen LogP contribution in [-0.2, 0) is 19.7 Å². The highest BCUT2D eigenvalue weighted by molar-refractivity contribution is 5.90. The Hall–Kier alpha value is -1.75. The quantitative estimate of drug-likeness (QED) is 0.618. The van der Waals surface area contributed by atoms with Gasteiger partial charge >= 0.3 is 5.97 Å². The van der Waals surface area contributed by atoms with Crippen LogP contribution < -0.4 is 0 Å². The standard InChI is InChI=1S/C21H28O5/c1-10(2)11-9-12-13(15(23)14(11)22)21-8-6-7-20(3,4)18(21)17(16(12)25-5)26-19(21)24/h9-10,16-18,22-23H,6-8H2,1-5H3/t16-,17+,18-,21-/m1/s1. The molecule has 0 aromatic heterocycles. The van der Waals surface area contributed by atoms with Crippen molar-refractivity contribution in [1.82, 2.24) is 0 Å². The second-order valence-corrected chi connectivity index (χ2v) is 9.10. The fraction of sp³-hybridized carbons (Fsp3) is 0.667. The molecule has 3 aliphatic rings. The summed E-state index contributed by atoms with van der Waals surface area (Å²) < 4.78 is 11.7. The minimum Gasteiger partial charge on any atom is -0.504 e. The predicted octanol–water partition coefficient (Wildman–Crippen LogP) is 3.91. The van der Waals surface area contributed by atoms with E-state index in [1.54, 1.807) is 7.11 Å². The van der Waals surface area contributed by atoms with Crippen molar-refractivity contribution in [2.24, 2.45) is 11.3 Å². The first-order chi connectivity index (χ1) is 12.2. The maximum absolute atomic E-state index is 13.1. The first-order valence-corrected chi connectivity index (χ1v) is 9.50. The number of ether oxygens (including phenoxy) is 2. The van der Waals surface area contributed by atoms with Crippen LogP contribution in [0.2, 0.25) is 0 Å². The van der Waals surface area contributed by atoms with E-state index < -0.39 is 11.5 Å². The molecule has 0 radical (unpaired) electrons. The Morgan fingerprint density at radius 2 is 1.92 bits per heavy atom. The van der Waals surface area contributed by atoms with E-state index in [0.29, 0.717) is 17.5 Å². The lowest BCUT2D eigenvalue weighted by atomic mass is 9.49. The van der Waals surface area contributed by atoms with Crippen molar-refractivity contribution in [2.45, 2.75) is 70.5 Å². The molecule has 1 saturated carbocycles. The number of fused-ring (bicyclic) bond motifs is 1. The molecule has 4 atom stereocenters. The van der Waals surface area contributed by atoms with Gasteiger partial charge in [0.05, 0.1) is 0 Å². The van der Waals surface area contributed by atoms with Gasteiger partial charge in [-0.1, -0.05) is 34.1 Å². The Kier molecular flexibility index (Phi) is 3.65. The minimum atomic E-state index is -0.895. The van der Waals surface area contributed by atoms with E-state index >= 15 is 0 Å². The lowest BCUT2D eigenvalue weighted by Gasteiger charge is -2.52. The van der Waals surface area contributed by atoms with Gasteiger partial charge in [-0.2, -0.15) is 0 Å². The van der Waals surface area contributed by atoms with Gasteiger partial charge in [-0.05, 0) is 35.8 Å². The molecule has 142 valence electrons. The molecule has 1 aromatic carbocycles. The van der Waals surface area contributed by atoms with Crippen LogP contribution in [0, 0.1) is 11.3 Å². The molecule has 0 unspecified atom stereocenters. The van der Waals surface area contributed by atoms with Crippen molar-refractivity contribution in [3.8, 4) is 11.5 Å². The Balaban J connectivity index is 2.08. The predicted molar refractivity (Wildman–Crippen MR) is 96.3 cm³/mol. The molecule has 1 heterocycles. The first-order valence-electron chi connectivity index (χ1n) is 9.50. The molecule has 5 heteroatoms. The van der Waals surface area contributed by atoms with Crippen LogP contribution in [0.25, 0.3) is 0 Å². The molecule has 2 fully saturated rings. The van der Waals surface area contributed by atoms with E-state index in [2.05, 4.69) is 13.8 Å². The number of carbonyl (C=O) groups excluding carboxylic acids is 1. The van der Waals surface area contributed by atoms with Gasteiger partial charge in [0.1, 0.15) is 17.6 Å². The summed E-state index contributed by atoms with van der Waals surface area (Å²) in [7, 11) is 1.61. The topological polar surface area (TPSA) is 76.0 Å². The maximum atomic E-state index is 13.1. The summed E-state index contributed by atoms with van der Waals surface area (Å²) >= 11 is 0. The highest BCUT2D eigenvalue weighted by atomic mass is 16.6. The van der Waals surface area contributed by atoms with E-state index in [1.165, 1.54) is 0 Å². The number of benzene rings is 1. The van der Waals surface area contributed by atoms with Crippen LogP contribution in [0.5, 0.6) is 11.5 Å². The van der Waals surface area contributed by atoms with Gasteiger partial charge in [0.25, 0.3) is 0 Å². The third-order valence-electron chi connectivity index (χ3n) is 6.96. The number of phenolic OH excluding ortho intramolecular Hbond substituents is 2. The number of phenols is 2. The maximum Gasteiger partial charge on any atom is 0.317 e. The lowest BCUT2D eigenvalue weighted by Crippen LogP contribution is -2.54. The molecule has 1 saturated heterocycles. The normalized spacial score (nSPS) is 34.4. The van der Waals surface area contributed by atoms with Gasteiger partial charge in [0.15, 0.2) is 11.5 Å². The Morgan fingerprint density at radius 3 is 2.54 bits per heavy atom. The van der Waals surface area contributed by atoms with Crippen LogP contribution in [0.4, 0.5) is 0 Å². The highest BCUT2D eigenvalue weighted by Gasteiger charge is 2.70. The van der Waals surface area contributed by atoms with Crippen molar-refractivity contribution in [3.05, 3.63) is 22.8 Å². The molecule has 0 spiro atoms. The molecule has 1 aromatic rings. The third kappa shape index (κ3) is 1.92. The van der Waals surface area contributed by atoms with Crippen molar-refractivity contribution >= 4 is 5.97 Å². The van der Waals surface area contributed by atoms with E-state index in [-0.39, 0.29) is 40.8 Å². The number of carbonyl (C=O) groups is 1. The van der Waals surface area contributed by atoms with Gasteiger partial charge in [-0.25, -0.2) is 0 Å². The summed E-state index contributed by atoms with van der Waals surface area (Å²) in [5.74, 6) is -0.621. The monoisotopic (exact) mass is 360 g/mol. The fourth-order valence-corrected chi connectivity index (χ4v) is 5.94. The second-order valence-electron chi connectivity index (χ2n) is 9.10. The molecule has 2 bridgehead atoms.